The summed E-state index contributed by atoms with van der Waals surface area (Å²) < 4.78 is 1.86. The van der Waals surface area contributed by atoms with E-state index in [9.17, 15) is 9.59 Å². The third kappa shape index (κ3) is 2.33. The number of hydrazone groups is 1. The quantitative estimate of drug-likeness (QED) is 0.792. The van der Waals surface area contributed by atoms with Crippen molar-refractivity contribution >= 4 is 41.0 Å². The topological polar surface area (TPSA) is 80.4 Å². The van der Waals surface area contributed by atoms with Crippen LogP contribution in [0.25, 0.3) is 0 Å². The normalized spacial score (nSPS) is 24.9. The minimum absolute atomic E-state index is 0.106. The van der Waals surface area contributed by atoms with Crippen molar-refractivity contribution in [2.75, 3.05) is 7.05 Å². The third-order valence-corrected chi connectivity index (χ3v) is 5.36. The summed E-state index contributed by atoms with van der Waals surface area (Å²) in [5.41, 5.74) is 4.42. The van der Waals surface area contributed by atoms with Crippen LogP contribution in [0, 0.1) is 0 Å². The summed E-state index contributed by atoms with van der Waals surface area (Å²) in [7, 11) is 1.62. The molecular formula is C17H18ClN6O2+. The number of hydrogen-bond donors (Lipinski definition) is 1. The Morgan fingerprint density at radius 2 is 2.04 bits per heavy atom. The maximum absolute atomic E-state index is 13.2. The number of amidine groups is 1. The first-order valence-electron chi connectivity index (χ1n) is 8.26. The summed E-state index contributed by atoms with van der Waals surface area (Å²) in [5.74, 6) is 0.579. The minimum atomic E-state index is -0.664. The van der Waals surface area contributed by atoms with E-state index in [1.54, 1.807) is 19.2 Å². The van der Waals surface area contributed by atoms with Crippen molar-refractivity contribution in [1.29, 1.82) is 0 Å². The van der Waals surface area contributed by atoms with Gasteiger partial charge in [0.15, 0.2) is 0 Å². The Morgan fingerprint density at radius 3 is 2.77 bits per heavy atom. The molecule has 9 heteroatoms. The highest BCUT2D eigenvalue weighted by atomic mass is 35.5. The van der Waals surface area contributed by atoms with Gasteiger partial charge in [0.2, 0.25) is 11.9 Å². The number of nitrogens with zero attached hydrogens (tertiary/aromatic N) is 5. The molecule has 3 heterocycles. The highest BCUT2D eigenvalue weighted by Gasteiger charge is 2.54. The van der Waals surface area contributed by atoms with Crippen molar-refractivity contribution in [2.45, 2.75) is 32.5 Å². The van der Waals surface area contributed by atoms with Crippen LogP contribution in [0.4, 0.5) is 4.79 Å². The number of guanidine groups is 1. The lowest BCUT2D eigenvalue weighted by Gasteiger charge is -2.35. The van der Waals surface area contributed by atoms with Crippen molar-refractivity contribution in [2.24, 2.45) is 10.1 Å². The standard InChI is InChI=1S/C17H17ClN6O2/c1-9-10(2)24-13-14(19-16(24)21-20-9)22(3)17(26)23(15(13)25)8-11-6-4-5-7-12(11)18/h4-7,10,13H,8H2,1-3H3/p+1. The first kappa shape index (κ1) is 16.7. The van der Waals surface area contributed by atoms with Gasteiger partial charge in [-0.05, 0) is 25.5 Å². The maximum Gasteiger partial charge on any atom is 0.414 e. The molecule has 0 radical (unpaired) electrons. The summed E-state index contributed by atoms with van der Waals surface area (Å²) >= 11 is 6.21. The van der Waals surface area contributed by atoms with Gasteiger partial charge in [-0.2, -0.15) is 5.43 Å². The molecule has 1 aromatic carbocycles. The number of urea groups is 1. The predicted molar refractivity (Wildman–Crippen MR) is 97.4 cm³/mol. The van der Waals surface area contributed by atoms with Gasteiger partial charge in [0.05, 0.1) is 12.3 Å². The van der Waals surface area contributed by atoms with E-state index >= 15 is 0 Å². The molecule has 2 atom stereocenters. The molecule has 0 aliphatic carbocycles. The third-order valence-electron chi connectivity index (χ3n) is 4.99. The van der Waals surface area contributed by atoms with Crippen LogP contribution in [0.15, 0.2) is 34.4 Å². The Bertz CT molecular complexity index is 922. The number of benzene rings is 1. The fraction of sp³-hybridized carbons (Fsp3) is 0.353. The van der Waals surface area contributed by atoms with Crippen LogP contribution in [-0.4, -0.2) is 63.0 Å². The average Bonchev–Trinajstić information content (AvgIpc) is 3.02. The molecule has 4 rings (SSSR count). The van der Waals surface area contributed by atoms with Gasteiger partial charge in [-0.15, -0.1) is 5.10 Å². The van der Waals surface area contributed by atoms with Crippen LogP contribution in [-0.2, 0) is 11.3 Å². The van der Waals surface area contributed by atoms with E-state index in [-0.39, 0.29) is 18.5 Å². The number of hydrogen-bond acceptors (Lipinski definition) is 5. The summed E-state index contributed by atoms with van der Waals surface area (Å²) in [6.07, 6.45) is 0. The Labute approximate surface area is 155 Å². The monoisotopic (exact) mass is 373 g/mol. The number of carbonyl (C=O) groups excluding carboxylic acids is 2. The molecule has 8 nitrogen and oxygen atoms in total. The number of rotatable bonds is 2. The molecule has 0 bridgehead atoms. The molecule has 0 spiro atoms. The molecule has 1 N–H and O–H groups in total. The number of aliphatic imine (C=N–C) groups is 1. The Kier molecular flexibility index (Phi) is 3.80. The molecule has 0 saturated carbocycles. The van der Waals surface area contributed by atoms with Crippen LogP contribution in [0.2, 0.25) is 5.02 Å². The number of carbonyl (C=O) groups is 2. The average molecular weight is 374 g/mol. The van der Waals surface area contributed by atoms with Crippen LogP contribution in [0.3, 0.4) is 0 Å². The highest BCUT2D eigenvalue weighted by Crippen LogP contribution is 2.25. The van der Waals surface area contributed by atoms with E-state index in [1.165, 1.54) is 9.80 Å². The lowest BCUT2D eigenvalue weighted by molar-refractivity contribution is -0.555. The molecule has 3 aliphatic heterocycles. The van der Waals surface area contributed by atoms with Crippen LogP contribution in [0.5, 0.6) is 0 Å². The summed E-state index contributed by atoms with van der Waals surface area (Å²) in [6.45, 7) is 3.96. The lowest BCUT2D eigenvalue weighted by atomic mass is 10.1. The van der Waals surface area contributed by atoms with Gasteiger partial charge in [-0.1, -0.05) is 34.8 Å². The van der Waals surface area contributed by atoms with E-state index in [2.05, 4.69) is 15.5 Å². The second-order valence-electron chi connectivity index (χ2n) is 6.50. The van der Waals surface area contributed by atoms with Crippen LogP contribution < -0.4 is 5.43 Å². The van der Waals surface area contributed by atoms with Gasteiger partial charge < -0.3 is 0 Å². The molecule has 26 heavy (non-hydrogen) atoms. The van der Waals surface area contributed by atoms with Gasteiger partial charge in [-0.3, -0.25) is 14.6 Å². The van der Waals surface area contributed by atoms with Gasteiger partial charge in [-0.25, -0.2) is 9.37 Å². The smallest absolute Gasteiger partial charge is 0.270 e. The van der Waals surface area contributed by atoms with Crippen molar-refractivity contribution < 1.29 is 14.2 Å². The number of amides is 3. The zero-order valence-corrected chi connectivity index (χ0v) is 15.4. The molecule has 2 unspecified atom stereocenters. The largest absolute Gasteiger partial charge is 0.414 e. The van der Waals surface area contributed by atoms with Gasteiger partial charge >= 0.3 is 12.0 Å². The number of nitrogens with one attached hydrogen (secondary N) is 1. The zero-order chi connectivity index (χ0) is 18.6. The molecule has 1 saturated heterocycles. The Hall–Kier alpha value is -2.74. The SMILES string of the molecule is CC1=NNC2=[N+](C1C)C1C(=O)N(Cc3ccccc3Cl)C(=O)N(C)C1=N2. The zero-order valence-electron chi connectivity index (χ0n) is 14.6. The number of imide groups is 1. The molecule has 3 aliphatic rings. The van der Waals surface area contributed by atoms with Crippen molar-refractivity contribution in [3.05, 3.63) is 34.9 Å². The van der Waals surface area contributed by atoms with E-state index in [0.717, 1.165) is 11.3 Å². The summed E-state index contributed by atoms with van der Waals surface area (Å²) in [4.78, 5) is 33.1. The number of halogens is 1. The number of likely N-dealkylation sites (N-methyl/N-ethyl adjacent to an activating group) is 1. The first-order chi connectivity index (χ1) is 12.4. The van der Waals surface area contributed by atoms with E-state index in [1.807, 2.05) is 30.6 Å². The number of fused-ring (bicyclic) bond motifs is 2. The maximum atomic E-state index is 13.2. The van der Waals surface area contributed by atoms with E-state index < -0.39 is 12.1 Å². The van der Waals surface area contributed by atoms with Crippen LogP contribution >= 0.6 is 11.6 Å². The van der Waals surface area contributed by atoms with Crippen molar-refractivity contribution in [3.8, 4) is 0 Å². The fourth-order valence-electron chi connectivity index (χ4n) is 3.35. The summed E-state index contributed by atoms with van der Waals surface area (Å²) in [5, 5.41) is 4.73. The molecule has 3 amide bonds. The second kappa shape index (κ2) is 5.91. The molecular weight excluding hydrogens is 356 g/mol. The van der Waals surface area contributed by atoms with E-state index in [4.69, 9.17) is 11.6 Å². The fourth-order valence-corrected chi connectivity index (χ4v) is 3.54. The predicted octanol–water partition coefficient (Wildman–Crippen LogP) is 1.25. The first-order valence-corrected chi connectivity index (χ1v) is 8.64. The van der Waals surface area contributed by atoms with Gasteiger partial charge in [0, 0.05) is 12.1 Å². The van der Waals surface area contributed by atoms with Gasteiger partial charge in [0.25, 0.3) is 5.91 Å². The molecule has 134 valence electrons. The van der Waals surface area contributed by atoms with Crippen molar-refractivity contribution in [1.82, 2.24) is 15.2 Å². The minimum Gasteiger partial charge on any atom is -0.270 e. The molecule has 1 aromatic rings. The second-order valence-corrected chi connectivity index (χ2v) is 6.91. The van der Waals surface area contributed by atoms with Crippen molar-refractivity contribution in [3.63, 3.8) is 0 Å². The summed E-state index contributed by atoms with van der Waals surface area (Å²) in [6, 6.07) is 5.99. The lowest BCUT2D eigenvalue weighted by Crippen LogP contribution is -2.64. The van der Waals surface area contributed by atoms with Gasteiger partial charge in [0.1, 0.15) is 6.04 Å². The Morgan fingerprint density at radius 1 is 1.31 bits per heavy atom. The highest BCUT2D eigenvalue weighted by molar-refractivity contribution is 6.31. The van der Waals surface area contributed by atoms with Crippen LogP contribution in [0.1, 0.15) is 19.4 Å². The Balaban J connectivity index is 1.71. The molecule has 0 aromatic heterocycles. The van der Waals surface area contributed by atoms with E-state index in [0.29, 0.717) is 16.8 Å². The molecule has 1 fully saturated rings.